The maximum atomic E-state index is 13.0. The van der Waals surface area contributed by atoms with Gasteiger partial charge < -0.3 is 9.32 Å². The van der Waals surface area contributed by atoms with Crippen LogP contribution in [-0.4, -0.2) is 36.1 Å². The lowest BCUT2D eigenvalue weighted by molar-refractivity contribution is -0.121. The molecular weight excluding hydrogens is 365 g/mol. The molecule has 2 saturated heterocycles. The predicted molar refractivity (Wildman–Crippen MR) is 107 cm³/mol. The first-order valence-electron chi connectivity index (χ1n) is 8.97. The Morgan fingerprint density at radius 1 is 1.11 bits per heavy atom. The molecule has 0 aliphatic carbocycles. The molecule has 2 aliphatic rings. The van der Waals surface area contributed by atoms with Crippen LogP contribution in [0.15, 0.2) is 50.7 Å². The largest absolute Gasteiger partial charge is 0.441 e. The van der Waals surface area contributed by atoms with E-state index >= 15 is 0 Å². The number of carbonyl (C=O) groups is 1. The first-order chi connectivity index (χ1) is 13.1. The number of rotatable bonds is 3. The van der Waals surface area contributed by atoms with Crippen molar-refractivity contribution in [3.05, 3.63) is 52.9 Å². The van der Waals surface area contributed by atoms with E-state index in [-0.39, 0.29) is 11.7 Å². The fourth-order valence-electron chi connectivity index (χ4n) is 3.11. The van der Waals surface area contributed by atoms with Crippen molar-refractivity contribution in [2.75, 3.05) is 25.0 Å². The standard InChI is InChI=1S/C20H20FN3O2S/c1-23-19(25)17(27-20(23)22-15-7-5-14(21)6-8-15)13-16-9-10-18(26-16)24-11-3-2-4-12-24/h5-10,13H,2-4,11-12H2,1H3/b17-13+,22-20?. The second-order valence-corrected chi connectivity index (χ2v) is 7.58. The minimum Gasteiger partial charge on any atom is -0.441 e. The number of benzene rings is 1. The van der Waals surface area contributed by atoms with Crippen molar-refractivity contribution in [1.29, 1.82) is 0 Å². The van der Waals surface area contributed by atoms with Crippen LogP contribution in [0.1, 0.15) is 25.0 Å². The Hall–Kier alpha value is -2.54. The summed E-state index contributed by atoms with van der Waals surface area (Å²) in [5.74, 6) is 1.07. The Bertz CT molecular complexity index is 898. The zero-order chi connectivity index (χ0) is 18.8. The van der Waals surface area contributed by atoms with Crippen LogP contribution in [-0.2, 0) is 4.79 Å². The third kappa shape index (κ3) is 3.93. The molecule has 0 N–H and O–H groups in total. The lowest BCUT2D eigenvalue weighted by Crippen LogP contribution is -2.28. The highest BCUT2D eigenvalue weighted by Gasteiger charge is 2.30. The average molecular weight is 385 g/mol. The quantitative estimate of drug-likeness (QED) is 0.722. The zero-order valence-corrected chi connectivity index (χ0v) is 15.8. The van der Waals surface area contributed by atoms with Crippen LogP contribution in [0.25, 0.3) is 6.08 Å². The van der Waals surface area contributed by atoms with Gasteiger partial charge in [0.1, 0.15) is 11.6 Å². The van der Waals surface area contributed by atoms with Crippen LogP contribution in [0.4, 0.5) is 16.0 Å². The number of hydrogen-bond donors (Lipinski definition) is 0. The Balaban J connectivity index is 1.53. The van der Waals surface area contributed by atoms with Gasteiger partial charge in [-0.3, -0.25) is 9.69 Å². The molecule has 4 rings (SSSR count). The smallest absolute Gasteiger partial charge is 0.266 e. The van der Waals surface area contributed by atoms with Gasteiger partial charge in [0.25, 0.3) is 5.91 Å². The van der Waals surface area contributed by atoms with E-state index < -0.39 is 0 Å². The summed E-state index contributed by atoms with van der Waals surface area (Å²) in [5, 5.41) is 0.556. The molecule has 2 fully saturated rings. The highest BCUT2D eigenvalue weighted by Crippen LogP contribution is 2.34. The number of anilines is 1. The SMILES string of the molecule is CN1C(=O)/C(=C\c2ccc(N3CCCCC3)o2)SC1=Nc1ccc(F)cc1. The number of nitrogens with zero attached hydrogens (tertiary/aromatic N) is 3. The van der Waals surface area contributed by atoms with Crippen LogP contribution in [0.2, 0.25) is 0 Å². The summed E-state index contributed by atoms with van der Waals surface area (Å²) < 4.78 is 19.0. The summed E-state index contributed by atoms with van der Waals surface area (Å²) in [6.45, 7) is 2.02. The van der Waals surface area contributed by atoms with Crippen molar-refractivity contribution in [3.63, 3.8) is 0 Å². The van der Waals surface area contributed by atoms with E-state index in [1.165, 1.54) is 48.1 Å². The lowest BCUT2D eigenvalue weighted by atomic mass is 10.1. The molecule has 2 aromatic rings. The summed E-state index contributed by atoms with van der Waals surface area (Å²) in [4.78, 5) is 21.2. The summed E-state index contributed by atoms with van der Waals surface area (Å²) in [6.07, 6.45) is 5.38. The first kappa shape index (κ1) is 17.9. The number of piperidine rings is 1. The average Bonchev–Trinajstić information content (AvgIpc) is 3.26. The van der Waals surface area contributed by atoms with Crippen LogP contribution in [0, 0.1) is 5.82 Å². The van der Waals surface area contributed by atoms with Gasteiger partial charge in [0, 0.05) is 32.3 Å². The Labute approximate surface area is 161 Å². The van der Waals surface area contributed by atoms with Gasteiger partial charge in [0.15, 0.2) is 11.1 Å². The summed E-state index contributed by atoms with van der Waals surface area (Å²) in [5.41, 5.74) is 0.602. The van der Waals surface area contributed by atoms with Crippen LogP contribution < -0.4 is 4.90 Å². The maximum absolute atomic E-state index is 13.0. The Kier molecular flexibility index (Phi) is 5.03. The number of halogens is 1. The van der Waals surface area contributed by atoms with Gasteiger partial charge >= 0.3 is 0 Å². The third-order valence-corrected chi connectivity index (χ3v) is 5.67. The second-order valence-electron chi connectivity index (χ2n) is 6.57. The van der Waals surface area contributed by atoms with E-state index in [1.807, 2.05) is 12.1 Å². The molecule has 0 bridgehead atoms. The number of carbonyl (C=O) groups excluding carboxylic acids is 1. The minimum absolute atomic E-state index is 0.128. The fourth-order valence-corrected chi connectivity index (χ4v) is 4.08. The minimum atomic E-state index is -0.314. The molecule has 2 aliphatic heterocycles. The number of hydrogen-bond acceptors (Lipinski definition) is 5. The molecular formula is C20H20FN3O2S. The number of aliphatic imine (C=N–C) groups is 1. The molecule has 5 nitrogen and oxygen atoms in total. The highest BCUT2D eigenvalue weighted by atomic mass is 32.2. The van der Waals surface area contributed by atoms with E-state index in [9.17, 15) is 9.18 Å². The van der Waals surface area contributed by atoms with Crippen molar-refractivity contribution >= 4 is 40.5 Å². The Morgan fingerprint density at radius 3 is 2.59 bits per heavy atom. The van der Waals surface area contributed by atoms with Crippen LogP contribution in [0.3, 0.4) is 0 Å². The van der Waals surface area contributed by atoms with Crippen LogP contribution in [0.5, 0.6) is 0 Å². The maximum Gasteiger partial charge on any atom is 0.266 e. The topological polar surface area (TPSA) is 49.1 Å². The van der Waals surface area contributed by atoms with Gasteiger partial charge in [-0.15, -0.1) is 0 Å². The Morgan fingerprint density at radius 2 is 1.85 bits per heavy atom. The molecule has 0 unspecified atom stereocenters. The van der Waals surface area contributed by atoms with Crippen LogP contribution >= 0.6 is 11.8 Å². The molecule has 0 atom stereocenters. The zero-order valence-electron chi connectivity index (χ0n) is 15.0. The number of amides is 1. The third-order valence-electron chi connectivity index (χ3n) is 4.61. The lowest BCUT2D eigenvalue weighted by Gasteiger charge is -2.25. The molecule has 0 radical (unpaired) electrons. The number of thioether (sulfide) groups is 1. The van der Waals surface area contributed by atoms with Crippen molar-refractivity contribution in [1.82, 2.24) is 4.90 Å². The number of likely N-dealkylation sites (N-methyl/N-ethyl adjacent to an activating group) is 1. The summed E-state index contributed by atoms with van der Waals surface area (Å²) in [6, 6.07) is 9.71. The van der Waals surface area contributed by atoms with Crippen molar-refractivity contribution in [3.8, 4) is 0 Å². The molecule has 0 spiro atoms. The monoisotopic (exact) mass is 385 g/mol. The summed E-state index contributed by atoms with van der Waals surface area (Å²) in [7, 11) is 1.68. The molecule has 0 saturated carbocycles. The first-order valence-corrected chi connectivity index (χ1v) is 9.78. The number of amidine groups is 1. The van der Waals surface area contributed by atoms with Gasteiger partial charge in [-0.25, -0.2) is 9.38 Å². The van der Waals surface area contributed by atoms with E-state index in [0.29, 0.717) is 21.5 Å². The molecule has 3 heterocycles. The highest BCUT2D eigenvalue weighted by molar-refractivity contribution is 8.18. The van der Waals surface area contributed by atoms with Gasteiger partial charge in [-0.2, -0.15) is 0 Å². The van der Waals surface area contributed by atoms with E-state index in [1.54, 1.807) is 25.3 Å². The van der Waals surface area contributed by atoms with E-state index in [0.717, 1.165) is 19.0 Å². The normalized spacial score (nSPS) is 20.9. The molecule has 27 heavy (non-hydrogen) atoms. The fraction of sp³-hybridized carbons (Fsp3) is 0.300. The van der Waals surface area contributed by atoms with E-state index in [2.05, 4.69) is 9.89 Å². The van der Waals surface area contributed by atoms with Crippen molar-refractivity contribution in [2.24, 2.45) is 4.99 Å². The molecule has 1 aromatic carbocycles. The predicted octanol–water partition coefficient (Wildman–Crippen LogP) is 4.64. The molecule has 7 heteroatoms. The second kappa shape index (κ2) is 7.60. The van der Waals surface area contributed by atoms with E-state index in [4.69, 9.17) is 4.42 Å². The van der Waals surface area contributed by atoms with Gasteiger partial charge in [0.2, 0.25) is 0 Å². The molecule has 1 amide bonds. The van der Waals surface area contributed by atoms with Gasteiger partial charge in [-0.05, 0) is 61.4 Å². The number of furan rings is 1. The van der Waals surface area contributed by atoms with Gasteiger partial charge in [0.05, 0.1) is 10.6 Å². The van der Waals surface area contributed by atoms with Gasteiger partial charge in [-0.1, -0.05) is 0 Å². The summed E-state index contributed by atoms with van der Waals surface area (Å²) >= 11 is 1.29. The van der Waals surface area contributed by atoms with Crippen molar-refractivity contribution in [2.45, 2.75) is 19.3 Å². The molecule has 1 aromatic heterocycles. The molecule has 140 valence electrons. The van der Waals surface area contributed by atoms with Crippen molar-refractivity contribution < 1.29 is 13.6 Å².